The maximum atomic E-state index is 11.4. The summed E-state index contributed by atoms with van der Waals surface area (Å²) in [6, 6.07) is 0. The fourth-order valence-electron chi connectivity index (χ4n) is 1.40. The summed E-state index contributed by atoms with van der Waals surface area (Å²) in [5.74, 6) is -1.58. The summed E-state index contributed by atoms with van der Waals surface area (Å²) in [7, 11) is -3.21. The first-order valence-electron chi connectivity index (χ1n) is 4.25. The van der Waals surface area contributed by atoms with Crippen LogP contribution in [-0.2, 0) is 24.9 Å². The first-order chi connectivity index (χ1) is 6.56. The van der Waals surface area contributed by atoms with E-state index in [1.165, 1.54) is 0 Å². The van der Waals surface area contributed by atoms with E-state index in [9.17, 15) is 18.0 Å². The van der Waals surface area contributed by atoms with E-state index >= 15 is 0 Å². The molecule has 0 N–H and O–H groups in total. The van der Waals surface area contributed by atoms with E-state index in [0.717, 1.165) is 6.42 Å². The molecule has 1 saturated heterocycles. The molecule has 0 aromatic carbocycles. The Labute approximate surface area is 82.9 Å². The Bertz CT molecular complexity index is 316. The van der Waals surface area contributed by atoms with Gasteiger partial charge in [-0.25, -0.2) is 8.42 Å². The van der Waals surface area contributed by atoms with Crippen LogP contribution in [0.15, 0.2) is 0 Å². The van der Waals surface area contributed by atoms with Crippen LogP contribution < -0.4 is 0 Å². The molecule has 0 aliphatic carbocycles. The molecule has 6 nitrogen and oxygen atoms in total. The third kappa shape index (κ3) is 2.30. The summed E-state index contributed by atoms with van der Waals surface area (Å²) in [4.78, 5) is 22.5. The first-order valence-corrected chi connectivity index (χ1v) is 5.35. The predicted octanol–water partition coefficient (Wildman–Crippen LogP) is -0.380. The van der Waals surface area contributed by atoms with Gasteiger partial charge >= 0.3 is 0 Å². The Hall–Kier alpha value is -0.950. The first kappa shape index (κ1) is 11.1. The Morgan fingerprint density at radius 2 is 2.14 bits per heavy atom. The number of carbonyl (C=O) groups excluding carboxylic acids is 2. The molecule has 0 saturated carbocycles. The minimum absolute atomic E-state index is 0.0375. The molecule has 1 aliphatic rings. The zero-order chi connectivity index (χ0) is 10.7. The Morgan fingerprint density at radius 3 is 2.64 bits per heavy atom. The molecule has 1 atom stereocenters. The van der Waals surface area contributed by atoms with Crippen LogP contribution in [0.25, 0.3) is 0 Å². The SMILES string of the molecule is CCCC1CC(=O)N(O[SH](=O)=O)C1=O. The highest BCUT2D eigenvalue weighted by atomic mass is 32.2. The van der Waals surface area contributed by atoms with Crippen LogP contribution in [0.1, 0.15) is 26.2 Å². The lowest BCUT2D eigenvalue weighted by atomic mass is 10.0. The zero-order valence-corrected chi connectivity index (χ0v) is 8.53. The van der Waals surface area contributed by atoms with Crippen molar-refractivity contribution in [3.05, 3.63) is 0 Å². The molecule has 2 amide bonds. The number of hydrogen-bond acceptors (Lipinski definition) is 5. The molecule has 0 spiro atoms. The Morgan fingerprint density at radius 1 is 1.50 bits per heavy atom. The maximum absolute atomic E-state index is 11.4. The number of rotatable bonds is 4. The smallest absolute Gasteiger partial charge is 0.272 e. The lowest BCUT2D eigenvalue weighted by Crippen LogP contribution is -2.30. The van der Waals surface area contributed by atoms with E-state index in [1.54, 1.807) is 0 Å². The van der Waals surface area contributed by atoms with Crippen LogP contribution in [0.5, 0.6) is 0 Å². The number of nitrogens with zero attached hydrogens (tertiary/aromatic N) is 1. The highest BCUT2D eigenvalue weighted by Crippen LogP contribution is 2.23. The van der Waals surface area contributed by atoms with Crippen molar-refractivity contribution in [2.45, 2.75) is 26.2 Å². The topological polar surface area (TPSA) is 80.8 Å². The average molecular weight is 221 g/mol. The van der Waals surface area contributed by atoms with Crippen LogP contribution in [0, 0.1) is 5.92 Å². The van der Waals surface area contributed by atoms with Gasteiger partial charge in [0.05, 0.1) is 0 Å². The van der Waals surface area contributed by atoms with E-state index in [2.05, 4.69) is 4.28 Å². The summed E-state index contributed by atoms with van der Waals surface area (Å²) < 4.78 is 24.5. The highest BCUT2D eigenvalue weighted by Gasteiger charge is 2.39. The van der Waals surface area contributed by atoms with Gasteiger partial charge in [-0.3, -0.25) is 9.59 Å². The second-order valence-electron chi connectivity index (χ2n) is 3.02. The van der Waals surface area contributed by atoms with E-state index in [-0.39, 0.29) is 6.42 Å². The molecule has 0 aromatic heterocycles. The summed E-state index contributed by atoms with van der Waals surface area (Å²) in [5.41, 5.74) is 0. The van der Waals surface area contributed by atoms with Crippen molar-refractivity contribution in [1.82, 2.24) is 5.06 Å². The van der Waals surface area contributed by atoms with Crippen LogP contribution in [-0.4, -0.2) is 25.3 Å². The molecule has 80 valence electrons. The molecular weight excluding hydrogens is 210 g/mol. The summed E-state index contributed by atoms with van der Waals surface area (Å²) in [5, 5.41) is 0.339. The molecule has 0 aromatic rings. The monoisotopic (exact) mass is 221 g/mol. The van der Waals surface area contributed by atoms with Crippen molar-refractivity contribution in [3.8, 4) is 0 Å². The van der Waals surface area contributed by atoms with Crippen LogP contribution in [0.4, 0.5) is 0 Å². The molecule has 7 heteroatoms. The summed E-state index contributed by atoms with van der Waals surface area (Å²) in [6.07, 6.45) is 1.37. The molecular formula is C7H11NO5S. The van der Waals surface area contributed by atoms with Crippen molar-refractivity contribution < 1.29 is 22.3 Å². The largest absolute Gasteiger partial charge is 0.278 e. The van der Waals surface area contributed by atoms with E-state index in [0.29, 0.717) is 11.5 Å². The van der Waals surface area contributed by atoms with Gasteiger partial charge in [-0.05, 0) is 6.42 Å². The van der Waals surface area contributed by atoms with Gasteiger partial charge in [0.1, 0.15) is 0 Å². The Balaban J connectivity index is 2.70. The number of hydrogen-bond donors (Lipinski definition) is 1. The average Bonchev–Trinajstić information content (AvgIpc) is 2.33. The van der Waals surface area contributed by atoms with Gasteiger partial charge in [-0.1, -0.05) is 13.3 Å². The molecule has 1 heterocycles. The van der Waals surface area contributed by atoms with Gasteiger partial charge in [0.15, 0.2) is 0 Å². The van der Waals surface area contributed by atoms with Crippen molar-refractivity contribution >= 4 is 22.8 Å². The van der Waals surface area contributed by atoms with Crippen LogP contribution >= 0.6 is 0 Å². The van der Waals surface area contributed by atoms with E-state index in [4.69, 9.17) is 0 Å². The quantitative estimate of drug-likeness (QED) is 0.517. The van der Waals surface area contributed by atoms with E-state index in [1.807, 2.05) is 6.92 Å². The second-order valence-corrected chi connectivity index (χ2v) is 3.63. The molecule has 0 bridgehead atoms. The highest BCUT2D eigenvalue weighted by molar-refractivity contribution is 7.67. The molecule has 14 heavy (non-hydrogen) atoms. The molecule has 1 rings (SSSR count). The number of carbonyl (C=O) groups is 2. The number of thiol groups is 1. The van der Waals surface area contributed by atoms with Crippen LogP contribution in [0.3, 0.4) is 0 Å². The van der Waals surface area contributed by atoms with Crippen LogP contribution in [0.2, 0.25) is 0 Å². The lowest BCUT2D eigenvalue weighted by molar-refractivity contribution is -0.164. The van der Waals surface area contributed by atoms with Gasteiger partial charge in [0.2, 0.25) is 0 Å². The minimum Gasteiger partial charge on any atom is -0.272 e. The lowest BCUT2D eigenvalue weighted by Gasteiger charge is -2.08. The van der Waals surface area contributed by atoms with Gasteiger partial charge in [-0.2, -0.15) is 0 Å². The van der Waals surface area contributed by atoms with E-state index < -0.39 is 28.7 Å². The number of imide groups is 1. The minimum atomic E-state index is -3.21. The van der Waals surface area contributed by atoms with Gasteiger partial charge in [0.25, 0.3) is 22.8 Å². The third-order valence-corrected chi connectivity index (χ3v) is 2.28. The van der Waals surface area contributed by atoms with Crippen molar-refractivity contribution in [1.29, 1.82) is 0 Å². The van der Waals surface area contributed by atoms with Crippen molar-refractivity contribution in [3.63, 3.8) is 0 Å². The number of amides is 2. The predicted molar refractivity (Wildman–Crippen MR) is 46.3 cm³/mol. The molecule has 1 fully saturated rings. The third-order valence-electron chi connectivity index (χ3n) is 1.98. The summed E-state index contributed by atoms with van der Waals surface area (Å²) in [6.45, 7) is 1.88. The normalized spacial score (nSPS) is 22.4. The second kappa shape index (κ2) is 4.52. The van der Waals surface area contributed by atoms with Crippen molar-refractivity contribution in [2.24, 2.45) is 5.92 Å². The summed E-state index contributed by atoms with van der Waals surface area (Å²) >= 11 is 0. The maximum Gasteiger partial charge on any atom is 0.278 e. The number of hydroxylamine groups is 2. The van der Waals surface area contributed by atoms with Gasteiger partial charge in [0, 0.05) is 12.3 Å². The van der Waals surface area contributed by atoms with Gasteiger partial charge < -0.3 is 0 Å². The standard InChI is InChI=1S/C7H11NO5S/c1-2-3-5-4-6(9)8(7(5)10)13-14(11)12/h5,14H,2-4H2,1H3. The zero-order valence-electron chi connectivity index (χ0n) is 7.63. The fraction of sp³-hybridized carbons (Fsp3) is 0.714. The fourth-order valence-corrected chi connectivity index (χ4v) is 1.70. The molecule has 1 aliphatic heterocycles. The van der Waals surface area contributed by atoms with Crippen molar-refractivity contribution in [2.75, 3.05) is 0 Å². The molecule has 1 unspecified atom stereocenters. The van der Waals surface area contributed by atoms with Gasteiger partial charge in [-0.15, -0.1) is 9.35 Å². The Kier molecular flexibility index (Phi) is 3.59. The molecule has 0 radical (unpaired) electrons.